The summed E-state index contributed by atoms with van der Waals surface area (Å²) in [5, 5.41) is 2.57. The first-order valence-corrected chi connectivity index (χ1v) is 6.75. The maximum absolute atomic E-state index is 13.9. The van der Waals surface area contributed by atoms with E-state index in [1.165, 1.54) is 19.2 Å². The molecule has 1 aromatic carbocycles. The van der Waals surface area contributed by atoms with E-state index in [2.05, 4.69) is 5.32 Å². The maximum Gasteiger partial charge on any atom is 0.255 e. The Bertz CT molecular complexity index is 744. The summed E-state index contributed by atoms with van der Waals surface area (Å²) in [6.07, 6.45) is 9.11. The summed E-state index contributed by atoms with van der Waals surface area (Å²) >= 11 is 0. The van der Waals surface area contributed by atoms with Crippen LogP contribution in [0.2, 0.25) is 0 Å². The van der Waals surface area contributed by atoms with Crippen LogP contribution in [0.1, 0.15) is 0 Å². The first-order chi connectivity index (χ1) is 10.7. The van der Waals surface area contributed by atoms with Crippen molar-refractivity contribution in [3.05, 3.63) is 71.3 Å². The van der Waals surface area contributed by atoms with Gasteiger partial charge in [-0.2, -0.15) is 0 Å². The van der Waals surface area contributed by atoms with Gasteiger partial charge in [0.1, 0.15) is 23.9 Å². The van der Waals surface area contributed by atoms with Crippen molar-refractivity contribution in [1.82, 2.24) is 0 Å². The van der Waals surface area contributed by atoms with Crippen LogP contribution < -0.4 is 10.1 Å². The van der Waals surface area contributed by atoms with Crippen LogP contribution >= 0.6 is 0 Å². The highest BCUT2D eigenvalue weighted by molar-refractivity contribution is 6.06. The molecule has 3 rings (SSSR count). The van der Waals surface area contributed by atoms with E-state index in [-0.39, 0.29) is 18.2 Å². The van der Waals surface area contributed by atoms with E-state index < -0.39 is 5.82 Å². The lowest BCUT2D eigenvalue weighted by molar-refractivity contribution is -0.113. The molecule has 0 bridgehead atoms. The van der Waals surface area contributed by atoms with E-state index in [9.17, 15) is 9.18 Å². The summed E-state index contributed by atoms with van der Waals surface area (Å²) in [4.78, 5) is 12.4. The third-order valence-corrected chi connectivity index (χ3v) is 3.39. The van der Waals surface area contributed by atoms with Gasteiger partial charge in [-0.15, -0.1) is 0 Å². The summed E-state index contributed by atoms with van der Waals surface area (Å²) in [6, 6.07) is 4.27. The van der Waals surface area contributed by atoms with Gasteiger partial charge in [0.25, 0.3) is 5.91 Å². The third-order valence-electron chi connectivity index (χ3n) is 3.39. The maximum atomic E-state index is 13.9. The number of allylic oxidation sites excluding steroid dienone is 5. The normalized spacial score (nSPS) is 15.8. The molecule has 5 heteroatoms. The number of amides is 1. The lowest BCUT2D eigenvalue weighted by atomic mass is 10.1. The molecule has 22 heavy (non-hydrogen) atoms. The van der Waals surface area contributed by atoms with Gasteiger partial charge in [-0.1, -0.05) is 24.3 Å². The number of nitrogens with one attached hydrogen (secondary N) is 1. The fourth-order valence-corrected chi connectivity index (χ4v) is 2.24. The number of methoxy groups -OCH3 is 1. The van der Waals surface area contributed by atoms with Gasteiger partial charge in [-0.05, 0) is 18.2 Å². The first-order valence-electron chi connectivity index (χ1n) is 6.75. The van der Waals surface area contributed by atoms with Crippen LogP contribution in [-0.4, -0.2) is 19.6 Å². The molecule has 4 nitrogen and oxygen atoms in total. The van der Waals surface area contributed by atoms with Crippen LogP contribution in [0.3, 0.4) is 0 Å². The van der Waals surface area contributed by atoms with Crippen molar-refractivity contribution in [3.8, 4) is 5.75 Å². The molecule has 1 heterocycles. The number of halogens is 1. The molecule has 1 aliphatic heterocycles. The molecular weight excluding hydrogens is 285 g/mol. The Labute approximate surface area is 127 Å². The second-order valence-corrected chi connectivity index (χ2v) is 4.76. The number of carbonyl (C=O) groups is 1. The topological polar surface area (TPSA) is 47.6 Å². The van der Waals surface area contributed by atoms with Crippen molar-refractivity contribution in [1.29, 1.82) is 0 Å². The molecule has 0 radical (unpaired) electrons. The molecule has 0 saturated heterocycles. The van der Waals surface area contributed by atoms with E-state index >= 15 is 0 Å². The Morgan fingerprint density at radius 2 is 2.18 bits per heavy atom. The van der Waals surface area contributed by atoms with Crippen LogP contribution in [0, 0.1) is 5.82 Å². The predicted octanol–water partition coefficient (Wildman–Crippen LogP) is 3.11. The van der Waals surface area contributed by atoms with Crippen molar-refractivity contribution in [2.75, 3.05) is 19.0 Å². The van der Waals surface area contributed by atoms with Gasteiger partial charge < -0.3 is 14.8 Å². The average Bonchev–Trinajstić information content (AvgIpc) is 2.78. The minimum absolute atomic E-state index is 0.104. The van der Waals surface area contributed by atoms with Crippen molar-refractivity contribution >= 4 is 11.6 Å². The molecule has 2 aliphatic rings. The van der Waals surface area contributed by atoms with Gasteiger partial charge in [0, 0.05) is 11.6 Å². The largest absolute Gasteiger partial charge is 0.497 e. The number of anilines is 1. The van der Waals surface area contributed by atoms with Gasteiger partial charge in [0.2, 0.25) is 0 Å². The smallest absolute Gasteiger partial charge is 0.255 e. The molecular formula is C17H14FNO3. The Kier molecular flexibility index (Phi) is 3.78. The van der Waals surface area contributed by atoms with Crippen LogP contribution in [0.25, 0.3) is 0 Å². The van der Waals surface area contributed by atoms with Crippen LogP contribution in [0.5, 0.6) is 5.75 Å². The molecule has 1 N–H and O–H groups in total. The second-order valence-electron chi connectivity index (χ2n) is 4.76. The van der Waals surface area contributed by atoms with E-state index in [1.54, 1.807) is 12.1 Å². The number of fused-ring (bicyclic) bond motifs is 1. The van der Waals surface area contributed by atoms with Crippen LogP contribution in [0.4, 0.5) is 10.1 Å². The van der Waals surface area contributed by atoms with Gasteiger partial charge >= 0.3 is 0 Å². The molecule has 0 unspecified atom stereocenters. The Hall–Kier alpha value is -2.82. The monoisotopic (exact) mass is 299 g/mol. The SMILES string of the molecule is COc1ccc(NC(=O)C2=C3C=CC=CC=C3OC2)c(F)c1. The number of ether oxygens (including phenoxy) is 2. The Morgan fingerprint density at radius 1 is 1.32 bits per heavy atom. The zero-order chi connectivity index (χ0) is 15.5. The predicted molar refractivity (Wildman–Crippen MR) is 80.9 cm³/mol. The van der Waals surface area contributed by atoms with Crippen molar-refractivity contribution in [2.24, 2.45) is 0 Å². The number of benzene rings is 1. The van der Waals surface area contributed by atoms with Gasteiger partial charge in [0.15, 0.2) is 0 Å². The number of carbonyl (C=O) groups excluding carboxylic acids is 1. The second kappa shape index (κ2) is 5.89. The van der Waals surface area contributed by atoms with E-state index in [0.29, 0.717) is 17.1 Å². The van der Waals surface area contributed by atoms with Crippen LogP contribution in [0.15, 0.2) is 65.5 Å². The lowest BCUT2D eigenvalue weighted by Gasteiger charge is -2.08. The molecule has 1 aromatic rings. The first kappa shape index (κ1) is 14.1. The van der Waals surface area contributed by atoms with E-state index in [1.807, 2.05) is 24.3 Å². The number of hydrogen-bond acceptors (Lipinski definition) is 3. The van der Waals surface area contributed by atoms with Gasteiger partial charge in [0.05, 0.1) is 18.4 Å². The van der Waals surface area contributed by atoms with Crippen LogP contribution in [-0.2, 0) is 9.53 Å². The quantitative estimate of drug-likeness (QED) is 0.933. The zero-order valence-electron chi connectivity index (χ0n) is 11.9. The minimum atomic E-state index is -0.550. The highest BCUT2D eigenvalue weighted by Crippen LogP contribution is 2.29. The summed E-state index contributed by atoms with van der Waals surface area (Å²) in [5.41, 5.74) is 1.30. The summed E-state index contributed by atoms with van der Waals surface area (Å²) in [5.74, 6) is 0.107. The van der Waals surface area contributed by atoms with Gasteiger partial charge in [-0.3, -0.25) is 4.79 Å². The van der Waals surface area contributed by atoms with Crippen molar-refractivity contribution in [2.45, 2.75) is 0 Å². The van der Waals surface area contributed by atoms with E-state index in [0.717, 1.165) is 5.57 Å². The van der Waals surface area contributed by atoms with E-state index in [4.69, 9.17) is 9.47 Å². The molecule has 1 aliphatic carbocycles. The summed E-state index contributed by atoms with van der Waals surface area (Å²) < 4.78 is 24.3. The average molecular weight is 299 g/mol. The Morgan fingerprint density at radius 3 is 2.95 bits per heavy atom. The molecule has 112 valence electrons. The molecule has 1 amide bonds. The standard InChI is InChI=1S/C17H14FNO3/c1-21-11-7-8-15(14(18)9-11)19-17(20)13-10-22-16-6-4-2-3-5-12(13)16/h2-9H,10H2,1H3,(H,19,20). The highest BCUT2D eigenvalue weighted by atomic mass is 19.1. The third kappa shape index (κ3) is 2.65. The van der Waals surface area contributed by atoms with Gasteiger partial charge in [-0.25, -0.2) is 4.39 Å². The van der Waals surface area contributed by atoms with Crippen molar-refractivity contribution in [3.63, 3.8) is 0 Å². The molecule has 0 fully saturated rings. The minimum Gasteiger partial charge on any atom is -0.497 e. The molecule has 0 aromatic heterocycles. The van der Waals surface area contributed by atoms with Crippen molar-refractivity contribution < 1.29 is 18.7 Å². The fraction of sp³-hybridized carbons (Fsp3) is 0.118. The fourth-order valence-electron chi connectivity index (χ4n) is 2.24. The molecule has 0 atom stereocenters. The number of rotatable bonds is 3. The Balaban J connectivity index is 1.85. The highest BCUT2D eigenvalue weighted by Gasteiger charge is 2.25. The summed E-state index contributed by atoms with van der Waals surface area (Å²) in [7, 11) is 1.45. The zero-order valence-corrected chi connectivity index (χ0v) is 11.9. The summed E-state index contributed by atoms with van der Waals surface area (Å²) in [6.45, 7) is 0.170. The molecule has 0 spiro atoms. The number of hydrogen-bond donors (Lipinski definition) is 1. The lowest BCUT2D eigenvalue weighted by Crippen LogP contribution is -2.17. The molecule has 0 saturated carbocycles.